The molecule has 2 rings (SSSR count). The summed E-state index contributed by atoms with van der Waals surface area (Å²) in [5.41, 5.74) is 0.567. The second kappa shape index (κ2) is 7.35. The molecule has 1 N–H and O–H groups in total. The molecule has 1 aromatic rings. The van der Waals surface area contributed by atoms with Crippen LogP contribution in [-0.4, -0.2) is 49.9 Å². The maximum absolute atomic E-state index is 13.0. The molecular weight excluding hydrogens is 285 g/mol. The average molecular weight is 307 g/mol. The van der Waals surface area contributed by atoms with Gasteiger partial charge in [0.05, 0.1) is 0 Å². The molecule has 1 heterocycles. The van der Waals surface area contributed by atoms with Gasteiger partial charge in [-0.15, -0.1) is 0 Å². The Kier molecular flexibility index (Phi) is 5.49. The van der Waals surface area contributed by atoms with Crippen LogP contribution >= 0.6 is 0 Å². The van der Waals surface area contributed by atoms with Gasteiger partial charge in [-0.1, -0.05) is 0 Å². The molecule has 1 aliphatic rings. The number of nitrogens with one attached hydrogen (secondary N) is 1. The topological polar surface area (TPSA) is 52.7 Å². The monoisotopic (exact) mass is 307 g/mol. The van der Waals surface area contributed by atoms with E-state index in [1.54, 1.807) is 0 Å². The Labute approximate surface area is 130 Å². The molecule has 0 aliphatic carbocycles. The van der Waals surface area contributed by atoms with E-state index >= 15 is 0 Å². The normalized spacial score (nSPS) is 18.1. The lowest BCUT2D eigenvalue weighted by Gasteiger charge is -2.24. The summed E-state index contributed by atoms with van der Waals surface area (Å²) in [5.74, 6) is -0.603. The summed E-state index contributed by atoms with van der Waals surface area (Å²) in [4.78, 5) is 27.9. The van der Waals surface area contributed by atoms with Crippen LogP contribution in [0.2, 0.25) is 0 Å². The van der Waals surface area contributed by atoms with E-state index in [9.17, 15) is 14.0 Å². The third kappa shape index (κ3) is 4.04. The van der Waals surface area contributed by atoms with E-state index in [1.165, 1.54) is 29.2 Å². The molecule has 1 saturated heterocycles. The summed E-state index contributed by atoms with van der Waals surface area (Å²) in [5, 5.41) is 2.88. The average Bonchev–Trinajstić information content (AvgIpc) is 2.86. The molecule has 1 atom stereocenters. The number of hydrogen-bond donors (Lipinski definition) is 1. The van der Waals surface area contributed by atoms with Crippen molar-refractivity contribution in [2.45, 2.75) is 25.3 Å². The quantitative estimate of drug-likeness (QED) is 0.808. The van der Waals surface area contributed by atoms with Crippen molar-refractivity contribution in [2.24, 2.45) is 0 Å². The van der Waals surface area contributed by atoms with Crippen LogP contribution in [0.1, 0.15) is 19.3 Å². The molecule has 0 radical (unpaired) electrons. The van der Waals surface area contributed by atoms with E-state index in [0.29, 0.717) is 25.1 Å². The SMILES string of the molecule is CN(C)CCCNC(=O)C1CCC(=O)N1c1ccc(F)cc1. The van der Waals surface area contributed by atoms with Crippen LogP contribution in [0.4, 0.5) is 10.1 Å². The maximum Gasteiger partial charge on any atom is 0.243 e. The summed E-state index contributed by atoms with van der Waals surface area (Å²) in [6, 6.07) is 5.16. The molecule has 120 valence electrons. The third-order valence-corrected chi connectivity index (χ3v) is 3.70. The number of anilines is 1. The Balaban J connectivity index is 1.98. The summed E-state index contributed by atoms with van der Waals surface area (Å²) in [7, 11) is 3.96. The van der Waals surface area contributed by atoms with Crippen LogP contribution in [0.15, 0.2) is 24.3 Å². The molecule has 2 amide bonds. The number of benzene rings is 1. The lowest BCUT2D eigenvalue weighted by atomic mass is 10.2. The number of carbonyl (C=O) groups excluding carboxylic acids is 2. The number of hydrogen-bond acceptors (Lipinski definition) is 3. The summed E-state index contributed by atoms with van der Waals surface area (Å²) < 4.78 is 13.0. The second-order valence-corrected chi connectivity index (χ2v) is 5.74. The molecule has 0 saturated carbocycles. The number of rotatable bonds is 6. The molecule has 1 aromatic carbocycles. The van der Waals surface area contributed by atoms with E-state index in [0.717, 1.165) is 13.0 Å². The van der Waals surface area contributed by atoms with Gasteiger partial charge in [-0.25, -0.2) is 4.39 Å². The first-order valence-corrected chi connectivity index (χ1v) is 7.49. The van der Waals surface area contributed by atoms with Gasteiger partial charge in [0.15, 0.2) is 0 Å². The zero-order chi connectivity index (χ0) is 16.1. The predicted octanol–water partition coefficient (Wildman–Crippen LogP) is 1.39. The largest absolute Gasteiger partial charge is 0.354 e. The standard InChI is InChI=1S/C16H22FN3O2/c1-19(2)11-3-10-18-16(22)14-8-9-15(21)20(14)13-6-4-12(17)5-7-13/h4-7,14H,3,8-11H2,1-2H3,(H,18,22). The zero-order valence-corrected chi connectivity index (χ0v) is 13.0. The van der Waals surface area contributed by atoms with Gasteiger partial charge >= 0.3 is 0 Å². The fourth-order valence-electron chi connectivity index (χ4n) is 2.58. The fraction of sp³-hybridized carbons (Fsp3) is 0.500. The van der Waals surface area contributed by atoms with Gasteiger partial charge in [-0.3, -0.25) is 14.5 Å². The molecule has 0 aromatic heterocycles. The Morgan fingerprint density at radius 3 is 2.68 bits per heavy atom. The number of nitrogens with zero attached hydrogens (tertiary/aromatic N) is 2. The van der Waals surface area contributed by atoms with Crippen LogP contribution < -0.4 is 10.2 Å². The Hall–Kier alpha value is -1.95. The van der Waals surface area contributed by atoms with Crippen molar-refractivity contribution in [3.8, 4) is 0 Å². The third-order valence-electron chi connectivity index (χ3n) is 3.70. The highest BCUT2D eigenvalue weighted by atomic mass is 19.1. The first-order chi connectivity index (χ1) is 10.5. The van der Waals surface area contributed by atoms with Gasteiger partial charge < -0.3 is 10.2 Å². The van der Waals surface area contributed by atoms with Crippen molar-refractivity contribution in [2.75, 3.05) is 32.1 Å². The molecule has 1 fully saturated rings. The first-order valence-electron chi connectivity index (χ1n) is 7.49. The molecule has 0 spiro atoms. The van der Waals surface area contributed by atoms with Crippen LogP contribution in [0.25, 0.3) is 0 Å². The summed E-state index contributed by atoms with van der Waals surface area (Å²) in [6.07, 6.45) is 1.69. The highest BCUT2D eigenvalue weighted by Crippen LogP contribution is 2.26. The maximum atomic E-state index is 13.0. The van der Waals surface area contributed by atoms with Crippen molar-refractivity contribution >= 4 is 17.5 Å². The lowest BCUT2D eigenvalue weighted by Crippen LogP contribution is -2.45. The van der Waals surface area contributed by atoms with E-state index in [1.807, 2.05) is 14.1 Å². The Morgan fingerprint density at radius 2 is 2.05 bits per heavy atom. The van der Waals surface area contributed by atoms with Gasteiger partial charge in [-0.05, 0) is 57.7 Å². The van der Waals surface area contributed by atoms with Crippen LogP contribution in [0.3, 0.4) is 0 Å². The number of carbonyl (C=O) groups is 2. The van der Waals surface area contributed by atoms with Crippen molar-refractivity contribution in [3.63, 3.8) is 0 Å². The second-order valence-electron chi connectivity index (χ2n) is 5.74. The first kappa shape index (κ1) is 16.4. The molecule has 1 unspecified atom stereocenters. The summed E-state index contributed by atoms with van der Waals surface area (Å²) in [6.45, 7) is 1.48. The minimum absolute atomic E-state index is 0.0972. The Bertz CT molecular complexity index is 531. The van der Waals surface area contributed by atoms with E-state index in [4.69, 9.17) is 0 Å². The van der Waals surface area contributed by atoms with E-state index in [2.05, 4.69) is 10.2 Å². The highest BCUT2D eigenvalue weighted by Gasteiger charge is 2.36. The summed E-state index contributed by atoms with van der Waals surface area (Å²) >= 11 is 0. The van der Waals surface area contributed by atoms with Gasteiger partial charge in [0.2, 0.25) is 11.8 Å². The highest BCUT2D eigenvalue weighted by molar-refractivity contribution is 6.03. The molecular formula is C16H22FN3O2. The van der Waals surface area contributed by atoms with Crippen molar-refractivity contribution in [3.05, 3.63) is 30.1 Å². The smallest absolute Gasteiger partial charge is 0.243 e. The van der Waals surface area contributed by atoms with Gasteiger partial charge in [0, 0.05) is 18.7 Å². The van der Waals surface area contributed by atoms with E-state index in [-0.39, 0.29) is 17.6 Å². The number of halogens is 1. The Morgan fingerprint density at radius 1 is 1.36 bits per heavy atom. The molecule has 22 heavy (non-hydrogen) atoms. The molecule has 5 nitrogen and oxygen atoms in total. The fourth-order valence-corrected chi connectivity index (χ4v) is 2.58. The van der Waals surface area contributed by atoms with Crippen LogP contribution in [0, 0.1) is 5.82 Å². The molecule has 0 bridgehead atoms. The van der Waals surface area contributed by atoms with Crippen LogP contribution in [0.5, 0.6) is 0 Å². The number of amides is 2. The zero-order valence-electron chi connectivity index (χ0n) is 13.0. The van der Waals surface area contributed by atoms with Crippen molar-refractivity contribution in [1.29, 1.82) is 0 Å². The van der Waals surface area contributed by atoms with E-state index < -0.39 is 6.04 Å². The van der Waals surface area contributed by atoms with Crippen LogP contribution in [-0.2, 0) is 9.59 Å². The lowest BCUT2D eigenvalue weighted by molar-refractivity contribution is -0.123. The van der Waals surface area contributed by atoms with Gasteiger partial charge in [0.1, 0.15) is 11.9 Å². The molecule has 6 heteroatoms. The predicted molar refractivity (Wildman–Crippen MR) is 83.1 cm³/mol. The van der Waals surface area contributed by atoms with Crippen molar-refractivity contribution < 1.29 is 14.0 Å². The minimum Gasteiger partial charge on any atom is -0.354 e. The van der Waals surface area contributed by atoms with Gasteiger partial charge in [-0.2, -0.15) is 0 Å². The van der Waals surface area contributed by atoms with Gasteiger partial charge in [0.25, 0.3) is 0 Å². The minimum atomic E-state index is -0.502. The molecule has 1 aliphatic heterocycles. The van der Waals surface area contributed by atoms with Crippen molar-refractivity contribution in [1.82, 2.24) is 10.2 Å².